The standard InChI is InChI=1S/C18H22BrNO/c1-3-17(20-4-2)15-10-6-8-12-18(15)21-13-14-9-5-7-11-16(14)19/h5-12,17,20H,3-4,13H2,1-2H3. The maximum atomic E-state index is 6.06. The fraction of sp³-hybridized carbons (Fsp3) is 0.333. The Bertz CT molecular complexity index is 571. The van der Waals surface area contributed by atoms with Crippen molar-refractivity contribution < 1.29 is 4.74 Å². The first-order valence-electron chi connectivity index (χ1n) is 7.44. The maximum Gasteiger partial charge on any atom is 0.124 e. The fourth-order valence-electron chi connectivity index (χ4n) is 2.39. The quantitative estimate of drug-likeness (QED) is 0.753. The molecule has 3 heteroatoms. The first-order valence-corrected chi connectivity index (χ1v) is 8.24. The van der Waals surface area contributed by atoms with Gasteiger partial charge in [0.15, 0.2) is 0 Å². The highest BCUT2D eigenvalue weighted by Crippen LogP contribution is 2.28. The number of ether oxygens (including phenoxy) is 1. The van der Waals surface area contributed by atoms with Gasteiger partial charge < -0.3 is 10.1 Å². The van der Waals surface area contributed by atoms with E-state index in [0.717, 1.165) is 28.8 Å². The minimum Gasteiger partial charge on any atom is -0.489 e. The Morgan fingerprint density at radius 3 is 2.48 bits per heavy atom. The number of hydrogen-bond acceptors (Lipinski definition) is 2. The van der Waals surface area contributed by atoms with Crippen molar-refractivity contribution in [3.8, 4) is 5.75 Å². The zero-order valence-electron chi connectivity index (χ0n) is 12.6. The average Bonchev–Trinajstić information content (AvgIpc) is 2.52. The van der Waals surface area contributed by atoms with Crippen molar-refractivity contribution in [3.63, 3.8) is 0 Å². The van der Waals surface area contributed by atoms with Gasteiger partial charge in [0.2, 0.25) is 0 Å². The Morgan fingerprint density at radius 1 is 1.05 bits per heavy atom. The van der Waals surface area contributed by atoms with Crippen LogP contribution in [0.3, 0.4) is 0 Å². The summed E-state index contributed by atoms with van der Waals surface area (Å²) in [7, 11) is 0. The van der Waals surface area contributed by atoms with Crippen LogP contribution in [0.15, 0.2) is 53.0 Å². The summed E-state index contributed by atoms with van der Waals surface area (Å²) in [6.45, 7) is 5.85. The van der Waals surface area contributed by atoms with Gasteiger partial charge in [-0.25, -0.2) is 0 Å². The molecule has 2 rings (SSSR count). The molecular weight excluding hydrogens is 326 g/mol. The molecule has 1 unspecified atom stereocenters. The first-order chi connectivity index (χ1) is 10.3. The number of hydrogen-bond donors (Lipinski definition) is 1. The predicted octanol–water partition coefficient (Wildman–Crippen LogP) is 5.09. The minimum atomic E-state index is 0.338. The van der Waals surface area contributed by atoms with Crippen molar-refractivity contribution in [3.05, 3.63) is 64.1 Å². The van der Waals surface area contributed by atoms with Gasteiger partial charge in [0.05, 0.1) is 0 Å². The molecule has 0 aliphatic heterocycles. The Balaban J connectivity index is 2.15. The van der Waals surface area contributed by atoms with Gasteiger partial charge in [-0.1, -0.05) is 66.2 Å². The Morgan fingerprint density at radius 2 is 1.76 bits per heavy atom. The molecule has 1 atom stereocenters. The highest BCUT2D eigenvalue weighted by molar-refractivity contribution is 9.10. The lowest BCUT2D eigenvalue weighted by atomic mass is 10.0. The van der Waals surface area contributed by atoms with E-state index in [0.29, 0.717) is 12.6 Å². The van der Waals surface area contributed by atoms with Crippen molar-refractivity contribution >= 4 is 15.9 Å². The number of para-hydroxylation sites is 1. The third-order valence-electron chi connectivity index (χ3n) is 3.49. The second kappa shape index (κ2) is 8.20. The zero-order valence-corrected chi connectivity index (χ0v) is 14.2. The molecular formula is C18H22BrNO. The molecule has 2 aromatic rings. The van der Waals surface area contributed by atoms with Gasteiger partial charge >= 0.3 is 0 Å². The molecule has 0 fully saturated rings. The second-order valence-corrected chi connectivity index (χ2v) is 5.79. The molecule has 0 aliphatic carbocycles. The van der Waals surface area contributed by atoms with Gasteiger partial charge in [-0.15, -0.1) is 0 Å². The summed E-state index contributed by atoms with van der Waals surface area (Å²) in [4.78, 5) is 0. The molecule has 0 bridgehead atoms. The summed E-state index contributed by atoms with van der Waals surface area (Å²) in [5, 5.41) is 3.51. The lowest BCUT2D eigenvalue weighted by Crippen LogP contribution is -2.20. The van der Waals surface area contributed by atoms with E-state index in [1.807, 2.05) is 30.3 Å². The van der Waals surface area contributed by atoms with Crippen LogP contribution in [-0.2, 0) is 6.61 Å². The van der Waals surface area contributed by atoms with E-state index in [2.05, 4.69) is 53.3 Å². The van der Waals surface area contributed by atoms with E-state index >= 15 is 0 Å². The molecule has 0 aromatic heterocycles. The highest BCUT2D eigenvalue weighted by Gasteiger charge is 2.13. The number of nitrogens with one attached hydrogen (secondary N) is 1. The largest absolute Gasteiger partial charge is 0.489 e. The summed E-state index contributed by atoms with van der Waals surface area (Å²) in [6.07, 6.45) is 1.04. The van der Waals surface area contributed by atoms with Gasteiger partial charge in [-0.3, -0.25) is 0 Å². The average molecular weight is 348 g/mol. The normalized spacial score (nSPS) is 12.1. The molecule has 0 radical (unpaired) electrons. The third kappa shape index (κ3) is 4.32. The topological polar surface area (TPSA) is 21.3 Å². The van der Waals surface area contributed by atoms with E-state index < -0.39 is 0 Å². The minimum absolute atomic E-state index is 0.338. The van der Waals surface area contributed by atoms with Crippen molar-refractivity contribution in [2.45, 2.75) is 32.9 Å². The fourth-order valence-corrected chi connectivity index (χ4v) is 2.79. The molecule has 0 aliphatic rings. The number of halogens is 1. The Kier molecular flexibility index (Phi) is 6.27. The molecule has 21 heavy (non-hydrogen) atoms. The SMILES string of the molecule is CCNC(CC)c1ccccc1OCc1ccccc1Br. The zero-order chi connectivity index (χ0) is 15.1. The monoisotopic (exact) mass is 347 g/mol. The summed E-state index contributed by atoms with van der Waals surface area (Å²) in [6, 6.07) is 16.8. The lowest BCUT2D eigenvalue weighted by Gasteiger charge is -2.20. The van der Waals surface area contributed by atoms with E-state index in [1.54, 1.807) is 0 Å². The molecule has 2 aromatic carbocycles. The van der Waals surface area contributed by atoms with Crippen molar-refractivity contribution in [1.29, 1.82) is 0 Å². The van der Waals surface area contributed by atoms with Crippen molar-refractivity contribution in [2.24, 2.45) is 0 Å². The molecule has 0 saturated heterocycles. The van der Waals surface area contributed by atoms with E-state index in [-0.39, 0.29) is 0 Å². The van der Waals surface area contributed by atoms with Crippen LogP contribution in [-0.4, -0.2) is 6.54 Å². The van der Waals surface area contributed by atoms with Crippen LogP contribution >= 0.6 is 15.9 Å². The maximum absolute atomic E-state index is 6.06. The van der Waals surface area contributed by atoms with Gasteiger partial charge in [-0.2, -0.15) is 0 Å². The van der Waals surface area contributed by atoms with Gasteiger partial charge in [0.25, 0.3) is 0 Å². The summed E-state index contributed by atoms with van der Waals surface area (Å²) in [5.41, 5.74) is 2.39. The molecule has 0 saturated carbocycles. The third-order valence-corrected chi connectivity index (χ3v) is 4.27. The van der Waals surface area contributed by atoms with E-state index in [9.17, 15) is 0 Å². The van der Waals surface area contributed by atoms with Gasteiger partial charge in [-0.05, 0) is 25.1 Å². The summed E-state index contributed by atoms with van der Waals surface area (Å²) < 4.78 is 7.15. The van der Waals surface area contributed by atoms with Crippen LogP contribution in [0.1, 0.15) is 37.4 Å². The molecule has 0 spiro atoms. The van der Waals surface area contributed by atoms with Gasteiger partial charge in [0.1, 0.15) is 12.4 Å². The lowest BCUT2D eigenvalue weighted by molar-refractivity contribution is 0.298. The Hall–Kier alpha value is -1.32. The summed E-state index contributed by atoms with van der Waals surface area (Å²) >= 11 is 3.56. The van der Waals surface area contributed by atoms with Crippen LogP contribution < -0.4 is 10.1 Å². The summed E-state index contributed by atoms with van der Waals surface area (Å²) in [5.74, 6) is 0.959. The number of benzene rings is 2. The predicted molar refractivity (Wildman–Crippen MR) is 91.6 cm³/mol. The molecule has 112 valence electrons. The van der Waals surface area contributed by atoms with Crippen molar-refractivity contribution in [1.82, 2.24) is 5.32 Å². The van der Waals surface area contributed by atoms with Crippen LogP contribution in [0.4, 0.5) is 0 Å². The Labute approximate surface area is 135 Å². The first kappa shape index (κ1) is 16.1. The van der Waals surface area contributed by atoms with Crippen LogP contribution in [0.2, 0.25) is 0 Å². The number of rotatable bonds is 7. The molecule has 0 heterocycles. The molecule has 2 nitrogen and oxygen atoms in total. The smallest absolute Gasteiger partial charge is 0.124 e. The van der Waals surface area contributed by atoms with Crippen LogP contribution in [0.25, 0.3) is 0 Å². The molecule has 1 N–H and O–H groups in total. The highest BCUT2D eigenvalue weighted by atomic mass is 79.9. The van der Waals surface area contributed by atoms with Crippen molar-refractivity contribution in [2.75, 3.05) is 6.54 Å². The van der Waals surface area contributed by atoms with Crippen LogP contribution in [0, 0.1) is 0 Å². The molecule has 0 amide bonds. The van der Waals surface area contributed by atoms with E-state index in [1.165, 1.54) is 5.56 Å². The van der Waals surface area contributed by atoms with Gasteiger partial charge in [0, 0.05) is 21.6 Å². The van der Waals surface area contributed by atoms with E-state index in [4.69, 9.17) is 4.74 Å². The van der Waals surface area contributed by atoms with Crippen LogP contribution in [0.5, 0.6) is 5.75 Å². The second-order valence-electron chi connectivity index (χ2n) is 4.94.